The Kier molecular flexibility index (Phi) is 4.39. The number of rotatable bonds is 3. The molecule has 1 aromatic carbocycles. The van der Waals surface area contributed by atoms with Gasteiger partial charge in [-0.3, -0.25) is 0 Å². The first-order valence-corrected chi connectivity index (χ1v) is 8.05. The fourth-order valence-electron chi connectivity index (χ4n) is 2.46. The van der Waals surface area contributed by atoms with Crippen LogP contribution in [0.15, 0.2) is 24.3 Å². The molecule has 0 saturated carbocycles. The minimum atomic E-state index is 0.421. The van der Waals surface area contributed by atoms with Crippen LogP contribution < -0.4 is 5.32 Å². The molecule has 0 amide bonds. The van der Waals surface area contributed by atoms with E-state index in [0.29, 0.717) is 17.5 Å². The van der Waals surface area contributed by atoms with E-state index in [0.717, 1.165) is 0 Å². The van der Waals surface area contributed by atoms with Gasteiger partial charge in [0.1, 0.15) is 0 Å². The van der Waals surface area contributed by atoms with Gasteiger partial charge < -0.3 is 5.32 Å². The van der Waals surface area contributed by atoms with Crippen molar-refractivity contribution in [3.63, 3.8) is 0 Å². The van der Waals surface area contributed by atoms with Gasteiger partial charge in [0.15, 0.2) is 0 Å². The second-order valence-electron chi connectivity index (χ2n) is 6.17. The van der Waals surface area contributed by atoms with Gasteiger partial charge in [0.25, 0.3) is 0 Å². The quantitative estimate of drug-likeness (QED) is 0.878. The van der Waals surface area contributed by atoms with Crippen LogP contribution in [0.5, 0.6) is 0 Å². The molecule has 0 spiro atoms. The molecule has 1 unspecified atom stereocenters. The molecule has 1 heterocycles. The third-order valence-electron chi connectivity index (χ3n) is 4.15. The van der Waals surface area contributed by atoms with E-state index >= 15 is 0 Å². The van der Waals surface area contributed by atoms with Crippen molar-refractivity contribution in [2.24, 2.45) is 5.41 Å². The number of aryl methyl sites for hydroxylation is 1. The first kappa shape index (κ1) is 14.0. The van der Waals surface area contributed by atoms with Gasteiger partial charge in [0.05, 0.1) is 0 Å². The van der Waals surface area contributed by atoms with Crippen molar-refractivity contribution in [2.45, 2.75) is 46.2 Å². The number of hydrogen-bond donors (Lipinski definition) is 1. The van der Waals surface area contributed by atoms with Gasteiger partial charge >= 0.3 is 0 Å². The molecule has 0 bridgehead atoms. The van der Waals surface area contributed by atoms with Crippen molar-refractivity contribution < 1.29 is 0 Å². The lowest BCUT2D eigenvalue weighted by atomic mass is 9.81. The molecule has 1 aliphatic heterocycles. The van der Waals surface area contributed by atoms with Crippen molar-refractivity contribution in [3.05, 3.63) is 35.4 Å². The van der Waals surface area contributed by atoms with Gasteiger partial charge in [-0.25, -0.2) is 0 Å². The van der Waals surface area contributed by atoms with Crippen LogP contribution >= 0.6 is 11.8 Å². The fourth-order valence-corrected chi connectivity index (χ4v) is 4.08. The fraction of sp³-hybridized carbons (Fsp3) is 0.625. The lowest BCUT2D eigenvalue weighted by Gasteiger charge is -2.40. The molecule has 100 valence electrons. The molecule has 1 fully saturated rings. The third kappa shape index (κ3) is 3.30. The van der Waals surface area contributed by atoms with Gasteiger partial charge in [-0.05, 0) is 37.0 Å². The van der Waals surface area contributed by atoms with Gasteiger partial charge in [-0.15, -0.1) is 0 Å². The SMILES string of the molecule is Cc1ccc([C@@H](C)NC2CSCCC2(C)C)cc1. The lowest BCUT2D eigenvalue weighted by Crippen LogP contribution is -2.47. The summed E-state index contributed by atoms with van der Waals surface area (Å²) >= 11 is 2.08. The van der Waals surface area contributed by atoms with Crippen molar-refractivity contribution >= 4 is 11.8 Å². The van der Waals surface area contributed by atoms with Crippen LogP contribution in [0.4, 0.5) is 0 Å². The first-order valence-electron chi connectivity index (χ1n) is 6.89. The summed E-state index contributed by atoms with van der Waals surface area (Å²) in [6, 6.07) is 9.95. The zero-order chi connectivity index (χ0) is 13.2. The highest BCUT2D eigenvalue weighted by Crippen LogP contribution is 2.35. The standard InChI is InChI=1S/C16H25NS/c1-12-5-7-14(8-6-12)13(2)17-15-11-18-10-9-16(15,3)4/h5-8,13,15,17H,9-11H2,1-4H3/t13-,15?/m1/s1. The van der Waals surface area contributed by atoms with E-state index < -0.39 is 0 Å². The van der Waals surface area contributed by atoms with Crippen LogP contribution in [0.25, 0.3) is 0 Å². The summed E-state index contributed by atoms with van der Waals surface area (Å²) in [7, 11) is 0. The minimum absolute atomic E-state index is 0.421. The van der Waals surface area contributed by atoms with Crippen LogP contribution in [0.2, 0.25) is 0 Å². The van der Waals surface area contributed by atoms with E-state index in [1.807, 2.05) is 0 Å². The molecule has 0 aromatic heterocycles. The van der Waals surface area contributed by atoms with E-state index in [-0.39, 0.29) is 0 Å². The van der Waals surface area contributed by atoms with E-state index in [1.54, 1.807) is 0 Å². The topological polar surface area (TPSA) is 12.0 Å². The predicted molar refractivity (Wildman–Crippen MR) is 82.2 cm³/mol. The summed E-state index contributed by atoms with van der Waals surface area (Å²) < 4.78 is 0. The molecule has 2 heteroatoms. The van der Waals surface area contributed by atoms with Crippen LogP contribution in [-0.2, 0) is 0 Å². The van der Waals surface area contributed by atoms with Gasteiger partial charge in [0, 0.05) is 17.8 Å². The average Bonchev–Trinajstić information content (AvgIpc) is 2.32. The molecule has 1 nitrogen and oxygen atoms in total. The molecule has 0 radical (unpaired) electrons. The molecule has 2 atom stereocenters. The molecule has 18 heavy (non-hydrogen) atoms. The van der Waals surface area contributed by atoms with Gasteiger partial charge in [-0.2, -0.15) is 11.8 Å². The Labute approximate surface area is 116 Å². The number of nitrogens with one attached hydrogen (secondary N) is 1. The van der Waals surface area contributed by atoms with Gasteiger partial charge in [0.2, 0.25) is 0 Å². The Bertz CT molecular complexity index is 383. The smallest absolute Gasteiger partial charge is 0.0294 e. The normalized spacial score (nSPS) is 24.8. The molecule has 1 N–H and O–H groups in total. The minimum Gasteiger partial charge on any atom is -0.306 e. The Morgan fingerprint density at radius 1 is 1.28 bits per heavy atom. The largest absolute Gasteiger partial charge is 0.306 e. The third-order valence-corrected chi connectivity index (χ3v) is 5.21. The number of hydrogen-bond acceptors (Lipinski definition) is 2. The molecule has 1 aliphatic rings. The van der Waals surface area contributed by atoms with Crippen molar-refractivity contribution in [1.29, 1.82) is 0 Å². The Morgan fingerprint density at radius 2 is 1.94 bits per heavy atom. The van der Waals surface area contributed by atoms with Crippen LogP contribution in [0.3, 0.4) is 0 Å². The Balaban J connectivity index is 2.02. The molecular weight excluding hydrogens is 238 g/mol. The van der Waals surface area contributed by atoms with E-state index in [9.17, 15) is 0 Å². The first-order chi connectivity index (χ1) is 8.49. The van der Waals surface area contributed by atoms with Crippen LogP contribution in [0, 0.1) is 12.3 Å². The molecule has 1 aromatic rings. The summed E-state index contributed by atoms with van der Waals surface area (Å²) in [4.78, 5) is 0. The highest BCUT2D eigenvalue weighted by molar-refractivity contribution is 7.99. The molecule has 0 aliphatic carbocycles. The Morgan fingerprint density at radius 3 is 2.56 bits per heavy atom. The zero-order valence-electron chi connectivity index (χ0n) is 12.0. The maximum Gasteiger partial charge on any atom is 0.0294 e. The summed E-state index contributed by atoms with van der Waals surface area (Å²) in [5, 5.41) is 3.82. The van der Waals surface area contributed by atoms with Crippen LogP contribution in [-0.4, -0.2) is 17.5 Å². The lowest BCUT2D eigenvalue weighted by molar-refractivity contribution is 0.232. The summed E-state index contributed by atoms with van der Waals surface area (Å²) in [6.07, 6.45) is 1.32. The average molecular weight is 263 g/mol. The second-order valence-corrected chi connectivity index (χ2v) is 7.31. The monoisotopic (exact) mass is 263 g/mol. The second kappa shape index (κ2) is 5.66. The van der Waals surface area contributed by atoms with Crippen molar-refractivity contribution in [3.8, 4) is 0 Å². The molecular formula is C16H25NS. The highest BCUT2D eigenvalue weighted by atomic mass is 32.2. The van der Waals surface area contributed by atoms with E-state index in [1.165, 1.54) is 29.1 Å². The highest BCUT2D eigenvalue weighted by Gasteiger charge is 2.33. The predicted octanol–water partition coefficient (Wildman–Crippen LogP) is 4.18. The van der Waals surface area contributed by atoms with E-state index in [4.69, 9.17) is 0 Å². The van der Waals surface area contributed by atoms with E-state index in [2.05, 4.69) is 69.0 Å². The van der Waals surface area contributed by atoms with Crippen LogP contribution in [0.1, 0.15) is 44.4 Å². The maximum atomic E-state index is 3.82. The molecule has 1 saturated heterocycles. The van der Waals surface area contributed by atoms with Crippen molar-refractivity contribution in [2.75, 3.05) is 11.5 Å². The Hall–Kier alpha value is -0.470. The summed E-state index contributed by atoms with van der Waals surface area (Å²) in [6.45, 7) is 9.21. The number of thioether (sulfide) groups is 1. The number of benzene rings is 1. The summed E-state index contributed by atoms with van der Waals surface area (Å²) in [5.41, 5.74) is 3.15. The van der Waals surface area contributed by atoms with Gasteiger partial charge in [-0.1, -0.05) is 43.7 Å². The molecule has 2 rings (SSSR count). The van der Waals surface area contributed by atoms with Crippen molar-refractivity contribution in [1.82, 2.24) is 5.32 Å². The zero-order valence-corrected chi connectivity index (χ0v) is 12.8. The summed E-state index contributed by atoms with van der Waals surface area (Å²) in [5.74, 6) is 2.55. The maximum absolute atomic E-state index is 3.82.